The second-order valence-corrected chi connectivity index (χ2v) is 6.18. The van der Waals surface area contributed by atoms with Gasteiger partial charge in [-0.2, -0.15) is 0 Å². The van der Waals surface area contributed by atoms with Crippen molar-refractivity contribution < 1.29 is 9.53 Å². The molecule has 0 aliphatic carbocycles. The van der Waals surface area contributed by atoms with Gasteiger partial charge in [0.1, 0.15) is 0 Å². The van der Waals surface area contributed by atoms with Crippen molar-refractivity contribution in [2.24, 2.45) is 0 Å². The van der Waals surface area contributed by atoms with Gasteiger partial charge in [0.2, 0.25) is 5.91 Å². The number of ether oxygens (including phenoxy) is 1. The van der Waals surface area contributed by atoms with Crippen molar-refractivity contribution in [3.63, 3.8) is 0 Å². The van der Waals surface area contributed by atoms with Crippen LogP contribution in [-0.2, 0) is 9.53 Å². The molecule has 0 bridgehead atoms. The molecule has 0 spiro atoms. The normalized spacial score (nSPS) is 17.1. The molecule has 0 saturated carbocycles. The lowest BCUT2D eigenvalue weighted by molar-refractivity contribution is -0.126. The van der Waals surface area contributed by atoms with Gasteiger partial charge in [-0.1, -0.05) is 12.1 Å². The molecule has 1 saturated heterocycles. The monoisotopic (exact) mass is 319 g/mol. The Morgan fingerprint density at radius 3 is 2.70 bits per heavy atom. The van der Waals surface area contributed by atoms with Crippen molar-refractivity contribution in [1.82, 2.24) is 10.2 Å². The average Bonchev–Trinajstić information content (AvgIpc) is 2.58. The summed E-state index contributed by atoms with van der Waals surface area (Å²) in [6.45, 7) is 9.24. The molecule has 128 valence electrons. The molecule has 2 rings (SSSR count). The molecule has 1 unspecified atom stereocenters. The Kier molecular flexibility index (Phi) is 6.86. The second-order valence-electron chi connectivity index (χ2n) is 6.18. The summed E-state index contributed by atoms with van der Waals surface area (Å²) in [5, 5.41) is 2.99. The van der Waals surface area contributed by atoms with Crippen molar-refractivity contribution in [3.05, 3.63) is 29.8 Å². The maximum absolute atomic E-state index is 12.2. The molecule has 5 heteroatoms. The fraction of sp³-hybridized carbons (Fsp3) is 0.611. The minimum Gasteiger partial charge on any atom is -0.385 e. The predicted molar refractivity (Wildman–Crippen MR) is 93.9 cm³/mol. The van der Waals surface area contributed by atoms with Crippen LogP contribution in [0.3, 0.4) is 0 Å². The van der Waals surface area contributed by atoms with Crippen LogP contribution in [0.15, 0.2) is 24.3 Å². The van der Waals surface area contributed by atoms with E-state index >= 15 is 0 Å². The third-order valence-corrected chi connectivity index (χ3v) is 4.43. The summed E-state index contributed by atoms with van der Waals surface area (Å²) in [6.07, 6.45) is 0.857. The number of hydrogen-bond donors (Lipinski definition) is 1. The van der Waals surface area contributed by atoms with Crippen LogP contribution in [0.5, 0.6) is 0 Å². The highest BCUT2D eigenvalue weighted by atomic mass is 16.5. The molecule has 23 heavy (non-hydrogen) atoms. The zero-order valence-electron chi connectivity index (χ0n) is 14.5. The Morgan fingerprint density at radius 1 is 1.30 bits per heavy atom. The Hall–Kier alpha value is -1.59. The zero-order chi connectivity index (χ0) is 16.7. The minimum absolute atomic E-state index is 0.0720. The van der Waals surface area contributed by atoms with Crippen molar-refractivity contribution >= 4 is 11.6 Å². The fourth-order valence-electron chi connectivity index (χ4n) is 2.93. The molecule has 1 aliphatic rings. The predicted octanol–water partition coefficient (Wildman–Crippen LogP) is 1.66. The van der Waals surface area contributed by atoms with E-state index in [9.17, 15) is 4.79 Å². The zero-order valence-corrected chi connectivity index (χ0v) is 14.5. The number of hydrogen-bond acceptors (Lipinski definition) is 4. The maximum Gasteiger partial charge on any atom is 0.237 e. The molecule has 0 radical (unpaired) electrons. The van der Waals surface area contributed by atoms with Gasteiger partial charge < -0.3 is 15.0 Å². The van der Waals surface area contributed by atoms with E-state index in [0.29, 0.717) is 13.2 Å². The third kappa shape index (κ3) is 5.22. The van der Waals surface area contributed by atoms with E-state index < -0.39 is 0 Å². The molecule has 5 nitrogen and oxygen atoms in total. The van der Waals surface area contributed by atoms with Gasteiger partial charge in [-0.15, -0.1) is 0 Å². The van der Waals surface area contributed by atoms with Gasteiger partial charge in [-0.05, 0) is 38.0 Å². The molecule has 1 aromatic rings. The summed E-state index contributed by atoms with van der Waals surface area (Å²) in [5.41, 5.74) is 2.56. The molecule has 1 N–H and O–H groups in total. The van der Waals surface area contributed by atoms with Crippen LogP contribution in [0.2, 0.25) is 0 Å². The SMILES string of the molecule is COCCCNC(=O)C(C)N1CCN(c2cccc(C)c2)CC1. The fourth-order valence-corrected chi connectivity index (χ4v) is 2.93. The highest BCUT2D eigenvalue weighted by Gasteiger charge is 2.25. The largest absolute Gasteiger partial charge is 0.385 e. The number of aryl methyl sites for hydroxylation is 1. The number of nitrogens with one attached hydrogen (secondary N) is 1. The van der Waals surface area contributed by atoms with Crippen LogP contribution in [0.1, 0.15) is 18.9 Å². The van der Waals surface area contributed by atoms with Crippen LogP contribution in [-0.4, -0.2) is 63.3 Å². The lowest BCUT2D eigenvalue weighted by atomic mass is 10.1. The number of rotatable bonds is 7. The third-order valence-electron chi connectivity index (χ3n) is 4.43. The number of carbonyl (C=O) groups excluding carboxylic acids is 1. The van der Waals surface area contributed by atoms with Crippen molar-refractivity contribution in [2.75, 3.05) is 51.3 Å². The first-order valence-electron chi connectivity index (χ1n) is 8.44. The Balaban J connectivity index is 1.78. The van der Waals surface area contributed by atoms with E-state index in [1.54, 1.807) is 7.11 Å². The topological polar surface area (TPSA) is 44.8 Å². The lowest BCUT2D eigenvalue weighted by Gasteiger charge is -2.38. The van der Waals surface area contributed by atoms with E-state index in [0.717, 1.165) is 32.6 Å². The van der Waals surface area contributed by atoms with Crippen molar-refractivity contribution in [3.8, 4) is 0 Å². The summed E-state index contributed by atoms with van der Waals surface area (Å²) >= 11 is 0. The molecule has 1 amide bonds. The van der Waals surface area contributed by atoms with Gasteiger partial charge in [0.05, 0.1) is 6.04 Å². The summed E-state index contributed by atoms with van der Waals surface area (Å²) in [7, 11) is 1.68. The summed E-state index contributed by atoms with van der Waals surface area (Å²) < 4.78 is 5.00. The van der Waals surface area contributed by atoms with Crippen LogP contribution in [0.25, 0.3) is 0 Å². The minimum atomic E-state index is -0.0720. The van der Waals surface area contributed by atoms with Gasteiger partial charge in [0.25, 0.3) is 0 Å². The van der Waals surface area contributed by atoms with E-state index in [-0.39, 0.29) is 11.9 Å². The summed E-state index contributed by atoms with van der Waals surface area (Å²) in [6, 6.07) is 8.54. The number of methoxy groups -OCH3 is 1. The second kappa shape index (κ2) is 8.89. The van der Waals surface area contributed by atoms with Crippen LogP contribution < -0.4 is 10.2 Å². The van der Waals surface area contributed by atoms with Crippen molar-refractivity contribution in [2.45, 2.75) is 26.3 Å². The lowest BCUT2D eigenvalue weighted by Crippen LogP contribution is -2.54. The van der Waals surface area contributed by atoms with E-state index in [4.69, 9.17) is 4.74 Å². The number of benzene rings is 1. The summed E-state index contributed by atoms with van der Waals surface area (Å²) in [4.78, 5) is 16.9. The Labute approximate surface area is 139 Å². The molecular weight excluding hydrogens is 290 g/mol. The van der Waals surface area contributed by atoms with Gasteiger partial charge in [0.15, 0.2) is 0 Å². The standard InChI is InChI=1S/C18H29N3O2/c1-15-6-4-7-17(14-15)21-11-9-20(10-12-21)16(2)18(22)19-8-5-13-23-3/h4,6-7,14,16H,5,8-13H2,1-3H3,(H,19,22). The van der Waals surface area contributed by atoms with E-state index in [1.807, 2.05) is 6.92 Å². The van der Waals surface area contributed by atoms with E-state index in [1.165, 1.54) is 11.3 Å². The number of anilines is 1. The quantitative estimate of drug-likeness (QED) is 0.777. The highest BCUT2D eigenvalue weighted by molar-refractivity contribution is 5.81. The molecule has 1 aliphatic heterocycles. The van der Waals surface area contributed by atoms with Gasteiger partial charge in [-0.3, -0.25) is 9.69 Å². The van der Waals surface area contributed by atoms with Crippen LogP contribution >= 0.6 is 0 Å². The number of piperazine rings is 1. The molecule has 0 aromatic heterocycles. The maximum atomic E-state index is 12.2. The Morgan fingerprint density at radius 2 is 2.04 bits per heavy atom. The van der Waals surface area contributed by atoms with Gasteiger partial charge >= 0.3 is 0 Å². The highest BCUT2D eigenvalue weighted by Crippen LogP contribution is 2.18. The first kappa shape index (κ1) is 17.8. The van der Waals surface area contributed by atoms with E-state index in [2.05, 4.69) is 46.3 Å². The number of amides is 1. The van der Waals surface area contributed by atoms with Gasteiger partial charge in [-0.25, -0.2) is 0 Å². The van der Waals surface area contributed by atoms with Crippen LogP contribution in [0.4, 0.5) is 5.69 Å². The molecule has 1 atom stereocenters. The Bertz CT molecular complexity index is 499. The first-order chi connectivity index (χ1) is 11.1. The molecule has 1 aromatic carbocycles. The molecule has 1 fully saturated rings. The number of carbonyl (C=O) groups is 1. The van der Waals surface area contributed by atoms with Crippen molar-refractivity contribution in [1.29, 1.82) is 0 Å². The van der Waals surface area contributed by atoms with Crippen LogP contribution in [0, 0.1) is 6.92 Å². The average molecular weight is 319 g/mol. The van der Waals surface area contributed by atoms with Gasteiger partial charge in [0, 0.05) is 52.1 Å². The molecule has 1 heterocycles. The smallest absolute Gasteiger partial charge is 0.237 e. The molecular formula is C18H29N3O2. The number of nitrogens with zero attached hydrogens (tertiary/aromatic N) is 2. The summed E-state index contributed by atoms with van der Waals surface area (Å²) in [5.74, 6) is 0.116. The first-order valence-corrected chi connectivity index (χ1v) is 8.44.